The Labute approximate surface area is 129 Å². The van der Waals surface area contributed by atoms with Crippen molar-refractivity contribution in [3.63, 3.8) is 0 Å². The van der Waals surface area contributed by atoms with E-state index in [1.807, 2.05) is 20.8 Å². The third-order valence-electron chi connectivity index (χ3n) is 3.19. The molecule has 1 N–H and O–H groups in total. The molecule has 0 aliphatic heterocycles. The Bertz CT molecular complexity index is 779. The highest BCUT2D eigenvalue weighted by Crippen LogP contribution is 2.25. The van der Waals surface area contributed by atoms with Gasteiger partial charge >= 0.3 is 0 Å². The van der Waals surface area contributed by atoms with Gasteiger partial charge in [-0.25, -0.2) is 17.2 Å². The van der Waals surface area contributed by atoms with Gasteiger partial charge in [0.1, 0.15) is 16.5 Å². The van der Waals surface area contributed by atoms with Crippen molar-refractivity contribution in [1.29, 1.82) is 0 Å². The molecule has 0 unspecified atom stereocenters. The van der Waals surface area contributed by atoms with Crippen molar-refractivity contribution < 1.29 is 17.2 Å². The van der Waals surface area contributed by atoms with Crippen LogP contribution in [0.25, 0.3) is 0 Å². The van der Waals surface area contributed by atoms with Gasteiger partial charge in [-0.05, 0) is 35.2 Å². The van der Waals surface area contributed by atoms with E-state index in [0.717, 1.165) is 17.7 Å². The molecule has 0 bridgehead atoms. The molecule has 118 valence electrons. The summed E-state index contributed by atoms with van der Waals surface area (Å²) >= 11 is 0. The Morgan fingerprint density at radius 2 is 1.55 bits per heavy atom. The summed E-state index contributed by atoms with van der Waals surface area (Å²) < 4.78 is 53.0. The quantitative estimate of drug-likeness (QED) is 0.925. The summed E-state index contributed by atoms with van der Waals surface area (Å²) in [6, 6.07) is 9.17. The number of sulfonamides is 1. The first-order chi connectivity index (χ1) is 10.1. The van der Waals surface area contributed by atoms with E-state index >= 15 is 0 Å². The van der Waals surface area contributed by atoms with Crippen molar-refractivity contribution in [3.8, 4) is 0 Å². The fraction of sp³-hybridized carbons (Fsp3) is 0.250. The second-order valence-corrected chi connectivity index (χ2v) is 7.66. The molecule has 0 aliphatic rings. The summed E-state index contributed by atoms with van der Waals surface area (Å²) in [4.78, 5) is -0.589. The molecule has 0 fully saturated rings. The smallest absolute Gasteiger partial charge is 0.264 e. The highest BCUT2D eigenvalue weighted by Gasteiger charge is 2.20. The van der Waals surface area contributed by atoms with Gasteiger partial charge in [-0.1, -0.05) is 32.9 Å². The molecular formula is C16H17F2NO2S. The molecule has 2 aromatic rings. The topological polar surface area (TPSA) is 46.2 Å². The summed E-state index contributed by atoms with van der Waals surface area (Å²) in [6.07, 6.45) is 0. The Hall–Kier alpha value is -1.95. The van der Waals surface area contributed by atoms with Gasteiger partial charge in [0.25, 0.3) is 10.0 Å². The molecule has 0 saturated carbocycles. The molecule has 0 spiro atoms. The van der Waals surface area contributed by atoms with Gasteiger partial charge in [0.2, 0.25) is 0 Å². The monoisotopic (exact) mass is 325 g/mol. The van der Waals surface area contributed by atoms with E-state index in [1.54, 1.807) is 24.3 Å². The van der Waals surface area contributed by atoms with E-state index in [4.69, 9.17) is 0 Å². The van der Waals surface area contributed by atoms with Crippen LogP contribution in [0.1, 0.15) is 26.3 Å². The minimum atomic E-state index is -4.10. The lowest BCUT2D eigenvalue weighted by Gasteiger charge is -2.19. The average Bonchev–Trinajstić information content (AvgIpc) is 2.37. The molecule has 0 heterocycles. The molecule has 0 atom stereocenters. The molecule has 6 heteroatoms. The second kappa shape index (κ2) is 5.68. The largest absolute Gasteiger partial charge is 0.280 e. The Morgan fingerprint density at radius 3 is 2.05 bits per heavy atom. The molecule has 22 heavy (non-hydrogen) atoms. The standard InChI is InChI=1S/C16H17F2NO2S/c1-16(2,3)11-4-7-13(8-5-11)19-22(20,21)15-9-6-12(17)10-14(15)18/h4-10,19H,1-3H3. The van der Waals surface area contributed by atoms with Crippen LogP contribution < -0.4 is 4.72 Å². The molecule has 3 nitrogen and oxygen atoms in total. The van der Waals surface area contributed by atoms with Crippen LogP contribution in [0.5, 0.6) is 0 Å². The summed E-state index contributed by atoms with van der Waals surface area (Å²) in [5.41, 5.74) is 1.31. The molecule has 0 amide bonds. The lowest BCUT2D eigenvalue weighted by atomic mass is 9.87. The lowest BCUT2D eigenvalue weighted by Crippen LogP contribution is -2.15. The van der Waals surface area contributed by atoms with Crippen LogP contribution in [-0.4, -0.2) is 8.42 Å². The number of anilines is 1. The van der Waals surface area contributed by atoms with Crippen molar-refractivity contribution >= 4 is 15.7 Å². The zero-order chi connectivity index (χ0) is 16.5. The van der Waals surface area contributed by atoms with Gasteiger partial charge in [-0.2, -0.15) is 0 Å². The van der Waals surface area contributed by atoms with Crippen molar-refractivity contribution in [1.82, 2.24) is 0 Å². The van der Waals surface area contributed by atoms with E-state index in [2.05, 4.69) is 4.72 Å². The van der Waals surface area contributed by atoms with Crippen molar-refractivity contribution in [2.75, 3.05) is 4.72 Å². The first-order valence-corrected chi connectivity index (χ1v) is 8.16. The molecule has 0 aromatic heterocycles. The van der Waals surface area contributed by atoms with Crippen LogP contribution in [0.15, 0.2) is 47.4 Å². The average molecular weight is 325 g/mol. The van der Waals surface area contributed by atoms with Gasteiger partial charge in [-0.3, -0.25) is 4.72 Å². The number of nitrogens with one attached hydrogen (secondary N) is 1. The minimum absolute atomic E-state index is 0.0551. The first-order valence-electron chi connectivity index (χ1n) is 6.68. The van der Waals surface area contributed by atoms with E-state index < -0.39 is 26.6 Å². The fourth-order valence-electron chi connectivity index (χ4n) is 1.94. The van der Waals surface area contributed by atoms with Crippen LogP contribution in [-0.2, 0) is 15.4 Å². The number of hydrogen-bond donors (Lipinski definition) is 1. The maximum absolute atomic E-state index is 13.6. The minimum Gasteiger partial charge on any atom is -0.280 e. The van der Waals surface area contributed by atoms with Crippen molar-refractivity contribution in [2.45, 2.75) is 31.1 Å². The molecule has 2 aromatic carbocycles. The Morgan fingerprint density at radius 1 is 0.955 bits per heavy atom. The normalized spacial score (nSPS) is 12.2. The molecule has 0 radical (unpaired) electrons. The molecular weight excluding hydrogens is 308 g/mol. The Balaban J connectivity index is 2.29. The summed E-state index contributed by atoms with van der Waals surface area (Å²) in [5.74, 6) is -1.95. The van der Waals surface area contributed by atoms with Crippen molar-refractivity contribution in [2.24, 2.45) is 0 Å². The van der Waals surface area contributed by atoms with Crippen LogP contribution in [0.4, 0.5) is 14.5 Å². The highest BCUT2D eigenvalue weighted by atomic mass is 32.2. The summed E-state index contributed by atoms with van der Waals surface area (Å²) in [7, 11) is -4.10. The van der Waals surface area contributed by atoms with E-state index in [9.17, 15) is 17.2 Å². The molecule has 2 rings (SSSR count). The molecule has 0 saturated heterocycles. The predicted octanol–water partition coefficient (Wildman–Crippen LogP) is 4.06. The first kappa shape index (κ1) is 16.4. The number of halogens is 2. The van der Waals surface area contributed by atoms with Gasteiger partial charge in [0, 0.05) is 11.8 Å². The second-order valence-electron chi connectivity index (χ2n) is 6.01. The van der Waals surface area contributed by atoms with Crippen LogP contribution in [0.3, 0.4) is 0 Å². The van der Waals surface area contributed by atoms with E-state index in [-0.39, 0.29) is 5.41 Å². The van der Waals surface area contributed by atoms with Gasteiger partial charge < -0.3 is 0 Å². The maximum atomic E-state index is 13.6. The van der Waals surface area contributed by atoms with Crippen LogP contribution >= 0.6 is 0 Å². The van der Waals surface area contributed by atoms with Gasteiger partial charge in [-0.15, -0.1) is 0 Å². The van der Waals surface area contributed by atoms with Gasteiger partial charge in [0.05, 0.1) is 0 Å². The zero-order valence-electron chi connectivity index (χ0n) is 12.5. The number of rotatable bonds is 3. The summed E-state index contributed by atoms with van der Waals surface area (Å²) in [6.45, 7) is 6.13. The number of hydrogen-bond acceptors (Lipinski definition) is 2. The highest BCUT2D eigenvalue weighted by molar-refractivity contribution is 7.92. The zero-order valence-corrected chi connectivity index (χ0v) is 13.3. The summed E-state index contributed by atoms with van der Waals surface area (Å²) in [5, 5.41) is 0. The number of benzene rings is 2. The van der Waals surface area contributed by atoms with Crippen LogP contribution in [0.2, 0.25) is 0 Å². The third-order valence-corrected chi connectivity index (χ3v) is 4.60. The lowest BCUT2D eigenvalue weighted by molar-refractivity contribution is 0.551. The third kappa shape index (κ3) is 3.62. The fourth-order valence-corrected chi connectivity index (χ4v) is 3.06. The van der Waals surface area contributed by atoms with Crippen LogP contribution in [0, 0.1) is 11.6 Å². The molecule has 0 aliphatic carbocycles. The van der Waals surface area contributed by atoms with E-state index in [0.29, 0.717) is 11.8 Å². The SMILES string of the molecule is CC(C)(C)c1ccc(NS(=O)(=O)c2ccc(F)cc2F)cc1. The van der Waals surface area contributed by atoms with Gasteiger partial charge in [0.15, 0.2) is 0 Å². The maximum Gasteiger partial charge on any atom is 0.264 e. The van der Waals surface area contributed by atoms with E-state index in [1.165, 1.54) is 0 Å². The predicted molar refractivity (Wildman–Crippen MR) is 82.3 cm³/mol. The Kier molecular flexibility index (Phi) is 4.24. The van der Waals surface area contributed by atoms with Crippen molar-refractivity contribution in [3.05, 3.63) is 59.7 Å².